The molecule has 108 valence electrons. The first-order valence-corrected chi connectivity index (χ1v) is 10.00. The molecule has 0 aromatic rings. The van der Waals surface area contributed by atoms with Gasteiger partial charge in [-0.2, -0.15) is 0 Å². The molecule has 0 bridgehead atoms. The van der Waals surface area contributed by atoms with Gasteiger partial charge in [-0.3, -0.25) is 0 Å². The third kappa shape index (κ3) is 3.58. The smallest absolute Gasteiger partial charge is 0.344 e. The molecule has 0 amide bonds. The normalized spacial score (nSPS) is 27.3. The predicted octanol–water partition coefficient (Wildman–Crippen LogP) is 5.03. The number of hydrogen-bond donors (Lipinski definition) is 0. The van der Waals surface area contributed by atoms with Crippen LogP contribution in [0.4, 0.5) is 0 Å². The Bertz CT molecular complexity index is 215. The molecule has 1 saturated heterocycles. The van der Waals surface area contributed by atoms with Gasteiger partial charge in [0.2, 0.25) is 0 Å². The minimum absolute atomic E-state index is 0.716. The maximum atomic E-state index is 6.34. The van der Waals surface area contributed by atoms with E-state index in [-0.39, 0.29) is 0 Å². The third-order valence-electron chi connectivity index (χ3n) is 4.38. The lowest BCUT2D eigenvalue weighted by molar-refractivity contribution is 0.145. The molecule has 1 aliphatic rings. The quantitative estimate of drug-likeness (QED) is 0.577. The lowest BCUT2D eigenvalue weighted by Gasteiger charge is -2.45. The summed E-state index contributed by atoms with van der Waals surface area (Å²) in [6, 6.07) is 0. The summed E-state index contributed by atoms with van der Waals surface area (Å²) in [6.07, 6.45) is 9.20. The van der Waals surface area contributed by atoms with Gasteiger partial charge in [0.25, 0.3) is 0 Å². The van der Waals surface area contributed by atoms with E-state index in [1.54, 1.807) is 0 Å². The fourth-order valence-electron chi connectivity index (χ4n) is 3.60. The fraction of sp³-hybridized carbons (Fsp3) is 1.00. The van der Waals surface area contributed by atoms with Crippen LogP contribution in [-0.4, -0.2) is 21.8 Å². The molecule has 1 aliphatic heterocycles. The minimum Gasteiger partial charge on any atom is -0.394 e. The van der Waals surface area contributed by atoms with Gasteiger partial charge in [-0.15, -0.1) is 0 Å². The zero-order valence-corrected chi connectivity index (χ0v) is 13.8. The van der Waals surface area contributed by atoms with Crippen LogP contribution >= 0.6 is 0 Å². The Hall–Kier alpha value is 0.137. The molecule has 2 atom stereocenters. The van der Waals surface area contributed by atoms with E-state index in [0.717, 1.165) is 18.8 Å². The summed E-state index contributed by atoms with van der Waals surface area (Å²) >= 11 is 0. The standard InChI is InChI=1S/C15H32O2Si/c1-5-9-11-15-13-10-12-14(6-2)18(15,16-7-3)17-8-4/h14-15H,5-13H2,1-4H3. The molecule has 0 saturated carbocycles. The summed E-state index contributed by atoms with van der Waals surface area (Å²) in [5.74, 6) is 0. The maximum absolute atomic E-state index is 6.34. The molecular formula is C15H32O2Si. The van der Waals surface area contributed by atoms with Crippen molar-refractivity contribution < 1.29 is 8.85 Å². The van der Waals surface area contributed by atoms with Gasteiger partial charge in [0.05, 0.1) is 0 Å². The summed E-state index contributed by atoms with van der Waals surface area (Å²) in [5.41, 5.74) is 1.45. The zero-order valence-electron chi connectivity index (χ0n) is 12.8. The minimum atomic E-state index is -1.98. The van der Waals surface area contributed by atoms with Crippen LogP contribution in [0.15, 0.2) is 0 Å². The second-order valence-corrected chi connectivity index (χ2v) is 9.12. The Morgan fingerprint density at radius 3 is 2.06 bits per heavy atom. The monoisotopic (exact) mass is 272 g/mol. The second kappa shape index (κ2) is 8.34. The van der Waals surface area contributed by atoms with Crippen LogP contribution in [0.5, 0.6) is 0 Å². The highest BCUT2D eigenvalue weighted by atomic mass is 28.4. The lowest BCUT2D eigenvalue weighted by Crippen LogP contribution is -2.53. The molecule has 18 heavy (non-hydrogen) atoms. The van der Waals surface area contributed by atoms with Crippen molar-refractivity contribution in [2.75, 3.05) is 13.2 Å². The van der Waals surface area contributed by atoms with Crippen LogP contribution in [0.1, 0.15) is 72.6 Å². The first kappa shape index (κ1) is 16.2. The molecular weight excluding hydrogens is 240 g/mol. The molecule has 0 aliphatic carbocycles. The van der Waals surface area contributed by atoms with Gasteiger partial charge < -0.3 is 8.85 Å². The van der Waals surface area contributed by atoms with Crippen molar-refractivity contribution >= 4 is 8.56 Å². The van der Waals surface area contributed by atoms with Crippen molar-refractivity contribution in [1.29, 1.82) is 0 Å². The highest BCUT2D eigenvalue weighted by molar-refractivity contribution is 6.70. The van der Waals surface area contributed by atoms with Gasteiger partial charge in [0, 0.05) is 24.3 Å². The molecule has 1 rings (SSSR count). The van der Waals surface area contributed by atoms with Crippen LogP contribution in [0, 0.1) is 0 Å². The first-order chi connectivity index (χ1) is 8.75. The topological polar surface area (TPSA) is 18.5 Å². The van der Waals surface area contributed by atoms with Crippen molar-refractivity contribution in [3.63, 3.8) is 0 Å². The molecule has 1 fully saturated rings. The van der Waals surface area contributed by atoms with E-state index >= 15 is 0 Å². The fourth-order valence-corrected chi connectivity index (χ4v) is 8.58. The van der Waals surface area contributed by atoms with Crippen molar-refractivity contribution in [3.8, 4) is 0 Å². The molecule has 1 heterocycles. The van der Waals surface area contributed by atoms with E-state index in [9.17, 15) is 0 Å². The van der Waals surface area contributed by atoms with Crippen molar-refractivity contribution in [2.24, 2.45) is 0 Å². The highest BCUT2D eigenvalue weighted by Gasteiger charge is 2.52. The Labute approximate surface area is 115 Å². The number of rotatable bonds is 8. The Balaban J connectivity index is 2.87. The molecule has 0 aromatic heterocycles. The summed E-state index contributed by atoms with van der Waals surface area (Å²) in [7, 11) is -1.98. The van der Waals surface area contributed by atoms with E-state index in [2.05, 4.69) is 27.7 Å². The van der Waals surface area contributed by atoms with E-state index in [1.165, 1.54) is 44.9 Å². The summed E-state index contributed by atoms with van der Waals surface area (Å²) in [4.78, 5) is 0. The van der Waals surface area contributed by atoms with Crippen LogP contribution in [-0.2, 0) is 8.85 Å². The van der Waals surface area contributed by atoms with Crippen LogP contribution < -0.4 is 0 Å². The number of hydrogen-bond acceptors (Lipinski definition) is 2. The van der Waals surface area contributed by atoms with Gasteiger partial charge in [-0.1, -0.05) is 39.5 Å². The molecule has 0 radical (unpaired) electrons. The highest BCUT2D eigenvalue weighted by Crippen LogP contribution is 2.49. The summed E-state index contributed by atoms with van der Waals surface area (Å²) < 4.78 is 12.7. The Morgan fingerprint density at radius 2 is 1.56 bits per heavy atom. The van der Waals surface area contributed by atoms with E-state index in [4.69, 9.17) is 8.85 Å². The van der Waals surface area contributed by atoms with E-state index in [0.29, 0.717) is 5.54 Å². The van der Waals surface area contributed by atoms with Gasteiger partial charge in [0.1, 0.15) is 0 Å². The Morgan fingerprint density at radius 1 is 0.944 bits per heavy atom. The summed E-state index contributed by atoms with van der Waals surface area (Å²) in [6.45, 7) is 10.5. The summed E-state index contributed by atoms with van der Waals surface area (Å²) in [5, 5.41) is 0. The van der Waals surface area contributed by atoms with Crippen LogP contribution in [0.2, 0.25) is 11.1 Å². The van der Waals surface area contributed by atoms with Gasteiger partial charge in [-0.05, 0) is 33.1 Å². The van der Waals surface area contributed by atoms with Crippen LogP contribution in [0.3, 0.4) is 0 Å². The molecule has 0 aromatic carbocycles. The largest absolute Gasteiger partial charge is 0.394 e. The first-order valence-electron chi connectivity index (χ1n) is 8.02. The molecule has 0 spiro atoms. The average Bonchev–Trinajstić information content (AvgIpc) is 2.38. The van der Waals surface area contributed by atoms with E-state index < -0.39 is 8.56 Å². The van der Waals surface area contributed by atoms with Crippen molar-refractivity contribution in [1.82, 2.24) is 0 Å². The molecule has 2 unspecified atom stereocenters. The number of unbranched alkanes of at least 4 members (excludes halogenated alkanes) is 1. The molecule has 3 heteroatoms. The second-order valence-electron chi connectivity index (χ2n) is 5.46. The molecule has 2 nitrogen and oxygen atoms in total. The molecule has 0 N–H and O–H groups in total. The maximum Gasteiger partial charge on any atom is 0.344 e. The van der Waals surface area contributed by atoms with Gasteiger partial charge in [-0.25, -0.2) is 0 Å². The average molecular weight is 273 g/mol. The lowest BCUT2D eigenvalue weighted by atomic mass is 10.1. The van der Waals surface area contributed by atoms with Gasteiger partial charge >= 0.3 is 8.56 Å². The zero-order chi connectivity index (χ0) is 13.4. The predicted molar refractivity (Wildman–Crippen MR) is 80.2 cm³/mol. The van der Waals surface area contributed by atoms with E-state index in [1.807, 2.05) is 0 Å². The van der Waals surface area contributed by atoms with Crippen LogP contribution in [0.25, 0.3) is 0 Å². The van der Waals surface area contributed by atoms with Crippen molar-refractivity contribution in [2.45, 2.75) is 83.7 Å². The van der Waals surface area contributed by atoms with Gasteiger partial charge in [0.15, 0.2) is 0 Å². The third-order valence-corrected chi connectivity index (χ3v) is 9.41. The van der Waals surface area contributed by atoms with Crippen molar-refractivity contribution in [3.05, 3.63) is 0 Å². The Kier molecular flexibility index (Phi) is 7.50. The SMILES string of the molecule is CCCCC1CCCC(CC)[Si]1(OCC)OCC.